The van der Waals surface area contributed by atoms with Crippen LogP contribution in [0.1, 0.15) is 30.6 Å². The van der Waals surface area contributed by atoms with Gasteiger partial charge in [0.2, 0.25) is 10.0 Å². The number of benzene rings is 1. The van der Waals surface area contributed by atoms with Crippen LogP contribution in [0.2, 0.25) is 0 Å². The Kier molecular flexibility index (Phi) is 5.24. The lowest BCUT2D eigenvalue weighted by Crippen LogP contribution is -2.20. The lowest BCUT2D eigenvalue weighted by molar-refractivity contribution is 0.0807. The van der Waals surface area contributed by atoms with Crippen molar-refractivity contribution in [2.75, 3.05) is 22.4 Å². The van der Waals surface area contributed by atoms with Gasteiger partial charge in [0.05, 0.1) is 24.6 Å². The van der Waals surface area contributed by atoms with Crippen molar-refractivity contribution in [1.29, 1.82) is 0 Å². The second-order valence-electron chi connectivity index (χ2n) is 5.99. The molecule has 0 amide bonds. The Morgan fingerprint density at radius 2 is 2.08 bits per heavy atom. The highest BCUT2D eigenvalue weighted by molar-refractivity contribution is 7.92. The Morgan fingerprint density at radius 1 is 1.28 bits per heavy atom. The van der Waals surface area contributed by atoms with Gasteiger partial charge in [0.15, 0.2) is 11.6 Å². The van der Waals surface area contributed by atoms with Crippen molar-refractivity contribution in [3.63, 3.8) is 0 Å². The molecule has 3 rings (SSSR count). The van der Waals surface area contributed by atoms with Crippen molar-refractivity contribution in [3.05, 3.63) is 35.4 Å². The van der Waals surface area contributed by atoms with Crippen LogP contribution < -0.4 is 10.0 Å². The Hall–Kier alpha value is -2.13. The molecule has 0 bridgehead atoms. The van der Waals surface area contributed by atoms with Gasteiger partial charge >= 0.3 is 0 Å². The first-order chi connectivity index (χ1) is 12.0. The van der Waals surface area contributed by atoms with Gasteiger partial charge in [0.25, 0.3) is 0 Å². The summed E-state index contributed by atoms with van der Waals surface area (Å²) < 4.78 is 34.1. The quantitative estimate of drug-likeness (QED) is 0.777. The highest BCUT2D eigenvalue weighted by atomic mass is 32.2. The maximum Gasteiger partial charge on any atom is 0.232 e. The van der Waals surface area contributed by atoms with Gasteiger partial charge in [-0.25, -0.2) is 8.42 Å². The number of rotatable bonds is 7. The van der Waals surface area contributed by atoms with Crippen LogP contribution in [-0.2, 0) is 34.5 Å². The number of aromatic nitrogens is 3. The van der Waals surface area contributed by atoms with Crippen LogP contribution in [-0.4, -0.2) is 35.5 Å². The lowest BCUT2D eigenvalue weighted by atomic mass is 10.1. The molecule has 9 heteroatoms. The molecule has 0 radical (unpaired) electrons. The molecule has 1 aromatic carbocycles. The summed E-state index contributed by atoms with van der Waals surface area (Å²) in [7, 11) is -3.31. The van der Waals surface area contributed by atoms with Crippen LogP contribution in [0.3, 0.4) is 0 Å². The van der Waals surface area contributed by atoms with E-state index in [1.807, 2.05) is 26.0 Å². The van der Waals surface area contributed by atoms with Gasteiger partial charge in [-0.05, 0) is 31.0 Å². The summed E-state index contributed by atoms with van der Waals surface area (Å²) in [6, 6.07) is 5.51. The van der Waals surface area contributed by atoms with Crippen molar-refractivity contribution in [2.45, 2.75) is 40.0 Å². The zero-order valence-corrected chi connectivity index (χ0v) is 15.3. The van der Waals surface area contributed by atoms with E-state index in [0.29, 0.717) is 31.9 Å². The molecule has 0 saturated heterocycles. The highest BCUT2D eigenvalue weighted by Gasteiger charge is 2.16. The number of fused-ring (bicyclic) bond motifs is 1. The standard InChI is InChI=1S/C16H23N5O3S/c1-3-9-25(22,23)20-14-6-4-5-13(12(14)2)17-10-15-18-19-16-11-24-8-7-21(15)16/h4-6,17,20H,3,7-11H2,1-2H3. The summed E-state index contributed by atoms with van der Waals surface area (Å²) in [5.74, 6) is 1.79. The SMILES string of the molecule is CCCS(=O)(=O)Nc1cccc(NCc2nnc3n2CCOC3)c1C. The zero-order chi connectivity index (χ0) is 17.9. The molecule has 2 N–H and O–H groups in total. The van der Waals surface area contributed by atoms with E-state index < -0.39 is 10.0 Å². The van der Waals surface area contributed by atoms with Gasteiger partial charge < -0.3 is 14.6 Å². The third kappa shape index (κ3) is 4.10. The second-order valence-corrected chi connectivity index (χ2v) is 7.83. The minimum atomic E-state index is -3.31. The van der Waals surface area contributed by atoms with Gasteiger partial charge in [0, 0.05) is 12.2 Å². The van der Waals surface area contributed by atoms with E-state index in [1.54, 1.807) is 6.07 Å². The normalized spacial score (nSPS) is 14.2. The summed E-state index contributed by atoms with van der Waals surface area (Å²) in [4.78, 5) is 0. The molecule has 0 unspecified atom stereocenters. The lowest BCUT2D eigenvalue weighted by Gasteiger charge is -2.17. The minimum absolute atomic E-state index is 0.109. The molecular formula is C16H23N5O3S. The Morgan fingerprint density at radius 3 is 2.88 bits per heavy atom. The first-order valence-corrected chi connectivity index (χ1v) is 9.98. The van der Waals surface area contributed by atoms with Gasteiger partial charge in [-0.15, -0.1) is 10.2 Å². The number of hydrogen-bond acceptors (Lipinski definition) is 6. The summed E-state index contributed by atoms with van der Waals surface area (Å²) in [5.41, 5.74) is 2.31. The van der Waals surface area contributed by atoms with Crippen molar-refractivity contribution in [2.24, 2.45) is 0 Å². The number of nitrogens with one attached hydrogen (secondary N) is 2. The molecule has 0 saturated carbocycles. The van der Waals surface area contributed by atoms with Crippen molar-refractivity contribution < 1.29 is 13.2 Å². The van der Waals surface area contributed by atoms with Crippen molar-refractivity contribution in [3.8, 4) is 0 Å². The molecule has 25 heavy (non-hydrogen) atoms. The molecule has 0 atom stereocenters. The van der Waals surface area contributed by atoms with E-state index in [0.717, 1.165) is 29.4 Å². The molecule has 0 aliphatic carbocycles. The number of sulfonamides is 1. The van der Waals surface area contributed by atoms with Crippen LogP contribution in [0.15, 0.2) is 18.2 Å². The fourth-order valence-electron chi connectivity index (χ4n) is 2.79. The predicted molar refractivity (Wildman–Crippen MR) is 95.9 cm³/mol. The third-order valence-electron chi connectivity index (χ3n) is 4.10. The first kappa shape index (κ1) is 17.7. The van der Waals surface area contributed by atoms with Gasteiger partial charge in [0.1, 0.15) is 6.61 Å². The summed E-state index contributed by atoms with van der Waals surface area (Å²) >= 11 is 0. The van der Waals surface area contributed by atoms with E-state index in [9.17, 15) is 8.42 Å². The minimum Gasteiger partial charge on any atom is -0.377 e. The number of nitrogens with zero attached hydrogens (tertiary/aromatic N) is 3. The smallest absolute Gasteiger partial charge is 0.232 e. The first-order valence-electron chi connectivity index (χ1n) is 8.33. The number of hydrogen-bond donors (Lipinski definition) is 2. The van der Waals surface area contributed by atoms with Crippen LogP contribution in [0.5, 0.6) is 0 Å². The van der Waals surface area contributed by atoms with Crippen LogP contribution in [0, 0.1) is 6.92 Å². The van der Waals surface area contributed by atoms with Crippen LogP contribution in [0.4, 0.5) is 11.4 Å². The van der Waals surface area contributed by atoms with Gasteiger partial charge in [-0.3, -0.25) is 4.72 Å². The molecule has 136 valence electrons. The largest absolute Gasteiger partial charge is 0.377 e. The summed E-state index contributed by atoms with van der Waals surface area (Å²) in [6.07, 6.45) is 0.577. The topological polar surface area (TPSA) is 98.1 Å². The maximum atomic E-state index is 12.0. The molecule has 1 aromatic heterocycles. The summed E-state index contributed by atoms with van der Waals surface area (Å²) in [5, 5.41) is 11.7. The molecule has 8 nitrogen and oxygen atoms in total. The molecular weight excluding hydrogens is 342 g/mol. The second kappa shape index (κ2) is 7.40. The molecule has 1 aliphatic heterocycles. The maximum absolute atomic E-state index is 12.0. The number of anilines is 2. The average molecular weight is 365 g/mol. The van der Waals surface area contributed by atoms with E-state index >= 15 is 0 Å². The van der Waals surface area contributed by atoms with E-state index in [-0.39, 0.29) is 5.75 Å². The fraction of sp³-hybridized carbons (Fsp3) is 0.500. The van der Waals surface area contributed by atoms with E-state index in [1.165, 1.54) is 0 Å². The number of ether oxygens (including phenoxy) is 1. The zero-order valence-electron chi connectivity index (χ0n) is 14.4. The Bertz CT molecular complexity index is 847. The Balaban J connectivity index is 1.73. The molecule has 1 aliphatic rings. The predicted octanol–water partition coefficient (Wildman–Crippen LogP) is 1.88. The van der Waals surface area contributed by atoms with Crippen LogP contribution >= 0.6 is 0 Å². The summed E-state index contributed by atoms with van der Waals surface area (Å²) in [6.45, 7) is 6.13. The third-order valence-corrected chi connectivity index (χ3v) is 5.58. The molecule has 2 aromatic rings. The monoisotopic (exact) mass is 365 g/mol. The van der Waals surface area contributed by atoms with E-state index in [4.69, 9.17) is 4.74 Å². The van der Waals surface area contributed by atoms with Gasteiger partial charge in [-0.1, -0.05) is 13.0 Å². The Labute approximate surface area is 147 Å². The van der Waals surface area contributed by atoms with E-state index in [2.05, 4.69) is 24.8 Å². The van der Waals surface area contributed by atoms with Gasteiger partial charge in [-0.2, -0.15) is 0 Å². The average Bonchev–Trinajstić information content (AvgIpc) is 2.99. The molecule has 0 spiro atoms. The molecule has 2 heterocycles. The van der Waals surface area contributed by atoms with Crippen molar-refractivity contribution >= 4 is 21.4 Å². The van der Waals surface area contributed by atoms with Crippen molar-refractivity contribution in [1.82, 2.24) is 14.8 Å². The highest BCUT2D eigenvalue weighted by Crippen LogP contribution is 2.25. The fourth-order valence-corrected chi connectivity index (χ4v) is 3.98. The van der Waals surface area contributed by atoms with Crippen LogP contribution in [0.25, 0.3) is 0 Å². The molecule has 0 fully saturated rings.